The number of aromatic nitrogens is 6. The molecule has 1 aromatic carbocycles. The lowest BCUT2D eigenvalue weighted by Gasteiger charge is -2.32. The molecular weight excluding hydrogens is 781 g/mol. The van der Waals surface area contributed by atoms with Crippen molar-refractivity contribution >= 4 is 81.7 Å². The first-order chi connectivity index (χ1) is 27.2. The first kappa shape index (κ1) is 41.7. The summed E-state index contributed by atoms with van der Waals surface area (Å²) in [7, 11) is 6.33. The van der Waals surface area contributed by atoms with E-state index in [2.05, 4.69) is 31.5 Å². The predicted octanol–water partition coefficient (Wildman–Crippen LogP) is 2.53. The van der Waals surface area contributed by atoms with Gasteiger partial charge in [0.15, 0.2) is 11.6 Å². The molecule has 300 valence electrons. The first-order valence-corrected chi connectivity index (χ1v) is 18.4. The monoisotopic (exact) mass is 821 g/mol. The number of nitrogens with zero attached hydrogens (tertiary/aromatic N) is 8. The SMILES string of the molecule is Cn1cc(NC(=O)c2cc(NC(=O)c3cc(NC(=O)c4cc(N(C(=O)c5ccccc5)N(CCCl)CCCl)nn4C)nn3C)cn2C)cc1C(=O)NCCC(N)=O. The van der Waals surface area contributed by atoms with Crippen molar-refractivity contribution < 1.29 is 28.8 Å². The Morgan fingerprint density at radius 2 is 1.21 bits per heavy atom. The van der Waals surface area contributed by atoms with Crippen LogP contribution in [-0.4, -0.2) is 101 Å². The van der Waals surface area contributed by atoms with Crippen LogP contribution in [0, 0.1) is 0 Å². The van der Waals surface area contributed by atoms with E-state index in [0.717, 1.165) is 0 Å². The third-order valence-electron chi connectivity index (χ3n) is 8.50. The highest BCUT2D eigenvalue weighted by atomic mass is 35.5. The zero-order chi connectivity index (χ0) is 41.4. The van der Waals surface area contributed by atoms with Crippen LogP contribution in [-0.2, 0) is 33.0 Å². The van der Waals surface area contributed by atoms with Gasteiger partial charge in [-0.1, -0.05) is 18.2 Å². The number of hydrogen-bond donors (Lipinski definition) is 5. The molecule has 21 heteroatoms. The Kier molecular flexibility index (Phi) is 13.5. The molecule has 0 unspecified atom stereocenters. The number of hydrazine groups is 1. The van der Waals surface area contributed by atoms with Gasteiger partial charge in [0.05, 0.1) is 11.4 Å². The van der Waals surface area contributed by atoms with Gasteiger partial charge in [-0.2, -0.15) is 10.2 Å². The summed E-state index contributed by atoms with van der Waals surface area (Å²) in [5.74, 6) is -2.44. The second-order valence-corrected chi connectivity index (χ2v) is 13.4. The van der Waals surface area contributed by atoms with Crippen molar-refractivity contribution in [1.82, 2.24) is 39.0 Å². The zero-order valence-electron chi connectivity index (χ0n) is 31.5. The molecule has 4 heterocycles. The van der Waals surface area contributed by atoms with Crippen molar-refractivity contribution in [3.63, 3.8) is 0 Å². The maximum absolute atomic E-state index is 13.7. The number of rotatable bonds is 17. The van der Waals surface area contributed by atoms with Gasteiger partial charge in [0.1, 0.15) is 22.8 Å². The summed E-state index contributed by atoms with van der Waals surface area (Å²) in [4.78, 5) is 77.2. The maximum Gasteiger partial charge on any atom is 0.275 e. The van der Waals surface area contributed by atoms with Crippen LogP contribution in [0.2, 0.25) is 0 Å². The molecule has 19 nitrogen and oxygen atoms in total. The number of nitrogens with one attached hydrogen (secondary N) is 4. The van der Waals surface area contributed by atoms with Gasteiger partial charge in [0, 0.05) is 96.1 Å². The Morgan fingerprint density at radius 3 is 1.79 bits per heavy atom. The first-order valence-electron chi connectivity index (χ1n) is 17.4. The summed E-state index contributed by atoms with van der Waals surface area (Å²) in [5, 5.41) is 22.5. The quantitative estimate of drug-likeness (QED) is 0.0685. The standard InChI is InChI=1S/C36H41Cl2N13O6/c1-46-20-23(16-25(46)32(53)40-13-10-29(39)52)41-33(54)26-17-24(21-47(26)2)42-34(55)27-18-30(44-48(27)3)43-35(56)28-19-31(45-49(28)4)51(50(14-11-37)15-12-38)36(57)22-8-6-5-7-9-22/h5-9,16-21H,10-15H2,1-4H3,(H2,39,52)(H,40,53)(H,41,54)(H,42,55)(H,43,44,56). The minimum atomic E-state index is -0.609. The van der Waals surface area contributed by atoms with Crippen molar-refractivity contribution in [3.05, 3.63) is 95.3 Å². The van der Waals surface area contributed by atoms with Gasteiger partial charge in [-0.05, 0) is 24.3 Å². The minimum absolute atomic E-state index is 0.0107. The van der Waals surface area contributed by atoms with Crippen molar-refractivity contribution in [2.24, 2.45) is 33.9 Å². The molecule has 0 bridgehead atoms. The van der Waals surface area contributed by atoms with E-state index in [4.69, 9.17) is 28.9 Å². The van der Waals surface area contributed by atoms with Crippen LogP contribution in [0.25, 0.3) is 0 Å². The Balaban J connectivity index is 1.26. The van der Waals surface area contributed by atoms with Gasteiger partial charge in [-0.15, -0.1) is 23.2 Å². The molecule has 0 saturated carbocycles. The second kappa shape index (κ2) is 18.5. The minimum Gasteiger partial charge on any atom is -0.370 e. The van der Waals surface area contributed by atoms with E-state index < -0.39 is 35.4 Å². The Morgan fingerprint density at radius 1 is 0.684 bits per heavy atom. The van der Waals surface area contributed by atoms with E-state index in [1.165, 1.54) is 54.8 Å². The number of amides is 6. The molecule has 4 aromatic heterocycles. The van der Waals surface area contributed by atoms with Crippen LogP contribution in [0.1, 0.15) is 58.7 Å². The molecule has 6 N–H and O–H groups in total. The van der Waals surface area contributed by atoms with Crippen LogP contribution in [0.15, 0.2) is 67.0 Å². The van der Waals surface area contributed by atoms with Crippen molar-refractivity contribution in [2.45, 2.75) is 6.42 Å². The van der Waals surface area contributed by atoms with Gasteiger partial charge in [-0.3, -0.25) is 38.1 Å². The largest absolute Gasteiger partial charge is 0.370 e. The number of carbonyl (C=O) groups excluding carboxylic acids is 6. The lowest BCUT2D eigenvalue weighted by atomic mass is 10.2. The van der Waals surface area contributed by atoms with Crippen molar-refractivity contribution in [3.8, 4) is 0 Å². The maximum atomic E-state index is 13.7. The highest BCUT2D eigenvalue weighted by molar-refractivity contribution is 6.18. The number of halogens is 2. The molecule has 5 rings (SSSR count). The number of alkyl halides is 2. The summed E-state index contributed by atoms with van der Waals surface area (Å²) < 4.78 is 5.64. The molecule has 0 fully saturated rings. The zero-order valence-corrected chi connectivity index (χ0v) is 33.0. The number of hydrogen-bond acceptors (Lipinski definition) is 9. The van der Waals surface area contributed by atoms with Gasteiger partial charge in [0.25, 0.3) is 29.5 Å². The Bertz CT molecular complexity index is 2290. The summed E-state index contributed by atoms with van der Waals surface area (Å²) in [6.07, 6.45) is 3.09. The van der Waals surface area contributed by atoms with Crippen LogP contribution < -0.4 is 32.0 Å². The number of nitrogens with two attached hydrogens (primary N) is 1. The third kappa shape index (κ3) is 10.1. The number of aryl methyl sites for hydroxylation is 4. The topological polar surface area (TPSA) is 229 Å². The average molecular weight is 823 g/mol. The fourth-order valence-corrected chi connectivity index (χ4v) is 6.16. The molecule has 0 aliphatic rings. The molecule has 0 aliphatic carbocycles. The smallest absolute Gasteiger partial charge is 0.275 e. The summed E-state index contributed by atoms with van der Waals surface area (Å²) >= 11 is 12.1. The highest BCUT2D eigenvalue weighted by Crippen LogP contribution is 2.23. The third-order valence-corrected chi connectivity index (χ3v) is 8.84. The summed E-state index contributed by atoms with van der Waals surface area (Å²) in [6.45, 7) is 0.628. The molecule has 0 radical (unpaired) electrons. The number of primary amides is 1. The lowest BCUT2D eigenvalue weighted by molar-refractivity contribution is -0.117. The highest BCUT2D eigenvalue weighted by Gasteiger charge is 2.29. The summed E-state index contributed by atoms with van der Waals surface area (Å²) in [5.41, 5.74) is 6.80. The van der Waals surface area contributed by atoms with Crippen LogP contribution >= 0.6 is 23.2 Å². The van der Waals surface area contributed by atoms with Gasteiger partial charge >= 0.3 is 0 Å². The summed E-state index contributed by atoms with van der Waals surface area (Å²) in [6, 6.07) is 14.4. The van der Waals surface area contributed by atoms with E-state index in [1.807, 2.05) is 0 Å². The van der Waals surface area contributed by atoms with E-state index in [9.17, 15) is 28.8 Å². The lowest BCUT2D eigenvalue weighted by Crippen LogP contribution is -2.49. The average Bonchev–Trinajstić information content (AvgIpc) is 3.93. The van der Waals surface area contributed by atoms with Crippen LogP contribution in [0.5, 0.6) is 0 Å². The molecule has 6 amide bonds. The van der Waals surface area contributed by atoms with Crippen LogP contribution in [0.3, 0.4) is 0 Å². The van der Waals surface area contributed by atoms with Gasteiger partial charge in [-0.25, -0.2) is 10.0 Å². The number of anilines is 4. The van der Waals surface area contributed by atoms with Gasteiger partial charge in [0.2, 0.25) is 5.91 Å². The molecular formula is C36H41Cl2N13O6. The molecule has 0 saturated heterocycles. The molecule has 5 aromatic rings. The van der Waals surface area contributed by atoms with Crippen LogP contribution in [0.4, 0.5) is 23.0 Å². The van der Waals surface area contributed by atoms with E-state index in [1.54, 1.807) is 68.9 Å². The van der Waals surface area contributed by atoms with E-state index >= 15 is 0 Å². The molecule has 0 aliphatic heterocycles. The van der Waals surface area contributed by atoms with Crippen molar-refractivity contribution in [2.75, 3.05) is 52.4 Å². The second-order valence-electron chi connectivity index (χ2n) is 12.6. The predicted molar refractivity (Wildman–Crippen MR) is 214 cm³/mol. The molecule has 0 spiro atoms. The van der Waals surface area contributed by atoms with Crippen molar-refractivity contribution in [1.29, 1.82) is 0 Å². The Labute approximate surface area is 336 Å². The fourth-order valence-electron chi connectivity index (χ4n) is 5.77. The molecule has 0 atom stereocenters. The van der Waals surface area contributed by atoms with E-state index in [0.29, 0.717) is 16.9 Å². The van der Waals surface area contributed by atoms with Gasteiger partial charge < -0.3 is 36.1 Å². The fraction of sp³-hybridized carbons (Fsp3) is 0.278. The van der Waals surface area contributed by atoms with E-state index in [-0.39, 0.29) is 72.2 Å². The Hall–Kier alpha value is -6.44. The normalized spacial score (nSPS) is 11.0. The molecule has 57 heavy (non-hydrogen) atoms. The number of carbonyl (C=O) groups is 6. The number of benzene rings is 1.